The molecule has 1 aromatic carbocycles. The van der Waals surface area contributed by atoms with Crippen LogP contribution in [0.3, 0.4) is 0 Å². The van der Waals surface area contributed by atoms with E-state index in [1.807, 2.05) is 19.0 Å². The van der Waals surface area contributed by atoms with E-state index in [4.69, 9.17) is 0 Å². The summed E-state index contributed by atoms with van der Waals surface area (Å²) in [6.45, 7) is 1.92. The number of carbonyl (C=O) groups excluding carboxylic acids is 1. The standard InChI is InChI=1S/C17H22FN5O/c1-23(2)10-9-19-16-11-15(21-12-22-16)17(24)20-8-7-13-5-3-4-6-14(13)18/h3-6,11-12H,7-10H2,1-2H3,(H,20,24)(H,19,21,22). The van der Waals surface area contributed by atoms with Crippen LogP contribution in [0.4, 0.5) is 10.2 Å². The predicted octanol–water partition coefficient (Wildman–Crippen LogP) is 1.56. The second kappa shape index (κ2) is 8.93. The van der Waals surface area contributed by atoms with Crippen LogP contribution in [0.1, 0.15) is 16.1 Å². The maximum atomic E-state index is 13.5. The molecule has 0 saturated carbocycles. The highest BCUT2D eigenvalue weighted by Crippen LogP contribution is 2.07. The van der Waals surface area contributed by atoms with Crippen molar-refractivity contribution in [1.82, 2.24) is 20.2 Å². The van der Waals surface area contributed by atoms with Gasteiger partial charge in [0.05, 0.1) is 0 Å². The van der Waals surface area contributed by atoms with Gasteiger partial charge in [0.1, 0.15) is 23.7 Å². The number of nitrogens with one attached hydrogen (secondary N) is 2. The Hall–Kier alpha value is -2.54. The number of hydrogen-bond donors (Lipinski definition) is 2. The molecular weight excluding hydrogens is 309 g/mol. The lowest BCUT2D eigenvalue weighted by Gasteiger charge is -2.11. The zero-order valence-corrected chi connectivity index (χ0v) is 13.9. The Morgan fingerprint density at radius 3 is 2.75 bits per heavy atom. The number of benzene rings is 1. The first kappa shape index (κ1) is 17.8. The van der Waals surface area contributed by atoms with Crippen molar-refractivity contribution >= 4 is 11.7 Å². The Morgan fingerprint density at radius 1 is 1.21 bits per heavy atom. The van der Waals surface area contributed by atoms with Crippen molar-refractivity contribution in [3.05, 3.63) is 53.7 Å². The minimum atomic E-state index is -0.301. The van der Waals surface area contributed by atoms with E-state index < -0.39 is 0 Å². The van der Waals surface area contributed by atoms with Crippen molar-refractivity contribution in [1.29, 1.82) is 0 Å². The molecule has 1 amide bonds. The summed E-state index contributed by atoms with van der Waals surface area (Å²) < 4.78 is 13.5. The zero-order chi connectivity index (χ0) is 17.4. The van der Waals surface area contributed by atoms with Gasteiger partial charge in [-0.1, -0.05) is 18.2 Å². The van der Waals surface area contributed by atoms with E-state index in [2.05, 4.69) is 20.6 Å². The van der Waals surface area contributed by atoms with Gasteiger partial charge in [-0.2, -0.15) is 0 Å². The lowest BCUT2D eigenvalue weighted by Crippen LogP contribution is -2.27. The molecule has 128 valence electrons. The quantitative estimate of drug-likeness (QED) is 0.768. The maximum Gasteiger partial charge on any atom is 0.270 e. The lowest BCUT2D eigenvalue weighted by atomic mass is 10.1. The molecule has 2 rings (SSSR count). The smallest absolute Gasteiger partial charge is 0.270 e. The first-order valence-electron chi connectivity index (χ1n) is 7.78. The summed E-state index contributed by atoms with van der Waals surface area (Å²) in [7, 11) is 3.96. The molecule has 0 saturated heterocycles. The van der Waals surface area contributed by atoms with Crippen molar-refractivity contribution < 1.29 is 9.18 Å². The van der Waals surface area contributed by atoms with Crippen LogP contribution < -0.4 is 10.6 Å². The van der Waals surface area contributed by atoms with Crippen LogP contribution in [0.5, 0.6) is 0 Å². The maximum absolute atomic E-state index is 13.5. The molecule has 0 aliphatic rings. The van der Waals surface area contributed by atoms with Gasteiger partial charge >= 0.3 is 0 Å². The number of hydrogen-bond acceptors (Lipinski definition) is 5. The predicted molar refractivity (Wildman–Crippen MR) is 91.5 cm³/mol. The average molecular weight is 331 g/mol. The fourth-order valence-electron chi connectivity index (χ4n) is 2.09. The molecule has 7 heteroatoms. The molecule has 2 aromatic rings. The van der Waals surface area contributed by atoms with Crippen molar-refractivity contribution in [3.8, 4) is 0 Å². The summed E-state index contributed by atoms with van der Waals surface area (Å²) in [6, 6.07) is 8.14. The van der Waals surface area contributed by atoms with E-state index in [9.17, 15) is 9.18 Å². The van der Waals surface area contributed by atoms with E-state index in [0.717, 1.165) is 13.1 Å². The van der Waals surface area contributed by atoms with Crippen molar-refractivity contribution in [2.24, 2.45) is 0 Å². The van der Waals surface area contributed by atoms with Crippen LogP contribution in [0.25, 0.3) is 0 Å². The molecule has 0 fully saturated rings. The minimum Gasteiger partial charge on any atom is -0.369 e. The summed E-state index contributed by atoms with van der Waals surface area (Å²) >= 11 is 0. The molecule has 0 atom stereocenters. The fourth-order valence-corrected chi connectivity index (χ4v) is 2.09. The van der Waals surface area contributed by atoms with Crippen LogP contribution in [0.2, 0.25) is 0 Å². The number of aromatic nitrogens is 2. The van der Waals surface area contributed by atoms with E-state index in [1.54, 1.807) is 24.3 Å². The van der Waals surface area contributed by atoms with E-state index in [-0.39, 0.29) is 17.4 Å². The Balaban J connectivity index is 1.84. The van der Waals surface area contributed by atoms with Gasteiger partial charge in [-0.15, -0.1) is 0 Å². The van der Waals surface area contributed by atoms with Gasteiger partial charge in [0.15, 0.2) is 0 Å². The monoisotopic (exact) mass is 331 g/mol. The van der Waals surface area contributed by atoms with Crippen molar-refractivity contribution in [2.45, 2.75) is 6.42 Å². The summed E-state index contributed by atoms with van der Waals surface area (Å²) in [6.07, 6.45) is 1.78. The average Bonchev–Trinajstić information content (AvgIpc) is 2.56. The summed E-state index contributed by atoms with van der Waals surface area (Å²) in [5.41, 5.74) is 0.859. The molecule has 2 N–H and O–H groups in total. The Morgan fingerprint density at radius 2 is 2.00 bits per heavy atom. The molecule has 0 aliphatic carbocycles. The molecule has 0 spiro atoms. The topological polar surface area (TPSA) is 70.2 Å². The Bertz CT molecular complexity index is 678. The molecule has 0 aliphatic heterocycles. The number of rotatable bonds is 8. The zero-order valence-electron chi connectivity index (χ0n) is 13.9. The van der Waals surface area contributed by atoms with Gasteiger partial charge in [0.2, 0.25) is 0 Å². The molecule has 0 radical (unpaired) electrons. The number of amides is 1. The van der Waals surface area contributed by atoms with Gasteiger partial charge in [0.25, 0.3) is 5.91 Å². The van der Waals surface area contributed by atoms with E-state index in [1.165, 1.54) is 12.4 Å². The van der Waals surface area contributed by atoms with Crippen LogP contribution >= 0.6 is 0 Å². The van der Waals surface area contributed by atoms with Crippen molar-refractivity contribution in [3.63, 3.8) is 0 Å². The number of anilines is 1. The van der Waals surface area contributed by atoms with Crippen LogP contribution in [0, 0.1) is 5.82 Å². The molecule has 0 bridgehead atoms. The molecule has 1 aromatic heterocycles. The van der Waals surface area contributed by atoms with E-state index >= 15 is 0 Å². The highest BCUT2D eigenvalue weighted by molar-refractivity contribution is 5.92. The Kier molecular flexibility index (Phi) is 6.62. The molecule has 1 heterocycles. The first-order valence-corrected chi connectivity index (χ1v) is 7.78. The third kappa shape index (κ3) is 5.58. The van der Waals surface area contributed by atoms with Crippen LogP contribution in [0.15, 0.2) is 36.7 Å². The lowest BCUT2D eigenvalue weighted by molar-refractivity contribution is 0.0949. The van der Waals surface area contributed by atoms with Crippen LogP contribution in [-0.2, 0) is 6.42 Å². The number of halogens is 1. The Labute approximate surface area is 141 Å². The number of nitrogens with zero attached hydrogens (tertiary/aromatic N) is 3. The SMILES string of the molecule is CN(C)CCNc1cc(C(=O)NCCc2ccccc2F)ncn1. The van der Waals surface area contributed by atoms with Gasteiger partial charge < -0.3 is 15.5 Å². The summed E-state index contributed by atoms with van der Waals surface area (Å²) in [4.78, 5) is 22.2. The molecule has 24 heavy (non-hydrogen) atoms. The summed E-state index contributed by atoms with van der Waals surface area (Å²) in [5, 5.41) is 5.88. The van der Waals surface area contributed by atoms with Gasteiger partial charge in [0, 0.05) is 25.7 Å². The largest absolute Gasteiger partial charge is 0.369 e. The normalized spacial score (nSPS) is 10.7. The molecule has 6 nitrogen and oxygen atoms in total. The summed E-state index contributed by atoms with van der Waals surface area (Å²) in [5.74, 6) is 0.0386. The third-order valence-corrected chi connectivity index (χ3v) is 3.40. The fraction of sp³-hybridized carbons (Fsp3) is 0.353. The van der Waals surface area contributed by atoms with Gasteiger partial charge in [-0.05, 0) is 32.1 Å². The highest BCUT2D eigenvalue weighted by Gasteiger charge is 2.09. The highest BCUT2D eigenvalue weighted by atomic mass is 19.1. The number of likely N-dealkylation sites (N-methyl/N-ethyl adjacent to an activating group) is 1. The van der Waals surface area contributed by atoms with Gasteiger partial charge in [-0.25, -0.2) is 14.4 Å². The second-order valence-electron chi connectivity index (χ2n) is 5.62. The van der Waals surface area contributed by atoms with Crippen LogP contribution in [-0.4, -0.2) is 54.5 Å². The third-order valence-electron chi connectivity index (χ3n) is 3.40. The molecule has 0 unspecified atom stereocenters. The first-order chi connectivity index (χ1) is 11.6. The van der Waals surface area contributed by atoms with Crippen molar-refractivity contribution in [2.75, 3.05) is 39.0 Å². The molecular formula is C17H22FN5O. The number of carbonyl (C=O) groups is 1. The van der Waals surface area contributed by atoms with E-state index in [0.29, 0.717) is 24.3 Å². The second-order valence-corrected chi connectivity index (χ2v) is 5.62. The minimum absolute atomic E-state index is 0.263. The van der Waals surface area contributed by atoms with Gasteiger partial charge in [-0.3, -0.25) is 4.79 Å².